The van der Waals surface area contributed by atoms with Gasteiger partial charge in [0.25, 0.3) is 0 Å². The summed E-state index contributed by atoms with van der Waals surface area (Å²) in [6.45, 7) is 4.65. The summed E-state index contributed by atoms with van der Waals surface area (Å²) in [4.78, 5) is 14.3. The van der Waals surface area contributed by atoms with Gasteiger partial charge in [0.15, 0.2) is 0 Å². The van der Waals surface area contributed by atoms with E-state index in [0.717, 1.165) is 30.5 Å². The van der Waals surface area contributed by atoms with Gasteiger partial charge < -0.3 is 10.6 Å². The molecule has 3 nitrogen and oxygen atoms in total. The smallest absolute Gasteiger partial charge is 0.222 e. The fourth-order valence-corrected chi connectivity index (χ4v) is 3.15. The van der Waals surface area contributed by atoms with Crippen LogP contribution in [0, 0.1) is 5.41 Å². The van der Waals surface area contributed by atoms with Crippen LogP contribution in [0.2, 0.25) is 0 Å². The van der Waals surface area contributed by atoms with Gasteiger partial charge in [0, 0.05) is 25.2 Å². The van der Waals surface area contributed by atoms with Crippen molar-refractivity contribution in [3.63, 3.8) is 0 Å². The van der Waals surface area contributed by atoms with Crippen LogP contribution in [0.3, 0.4) is 0 Å². The molecular weight excluding hydrogens is 260 g/mol. The average molecular weight is 288 g/mol. The summed E-state index contributed by atoms with van der Waals surface area (Å²) in [5.74, 6) is 0.252. The molecule has 0 saturated heterocycles. The molecule has 116 valence electrons. The quantitative estimate of drug-likeness (QED) is 0.860. The molecule has 0 aromatic heterocycles. The highest BCUT2D eigenvalue weighted by molar-refractivity contribution is 5.76. The molecule has 2 rings (SSSR count). The van der Waals surface area contributed by atoms with Crippen molar-refractivity contribution < 1.29 is 4.79 Å². The number of benzene rings is 1. The number of amides is 1. The van der Waals surface area contributed by atoms with Gasteiger partial charge in [0.05, 0.1) is 0 Å². The predicted molar refractivity (Wildman–Crippen MR) is 88.0 cm³/mol. The standard InChI is InChI=1S/C18H28N2O/c1-18(2)11-9-16(10-12-18)20(3)17(21)8-7-14-5-4-6-15(19)13-14/h4-6,13,16H,7-12,19H2,1-3H3. The molecule has 1 aromatic carbocycles. The second kappa shape index (κ2) is 6.50. The third-order valence-electron chi connectivity index (χ3n) is 4.83. The molecule has 0 bridgehead atoms. The SMILES string of the molecule is CN(C(=O)CCc1cccc(N)c1)C1CCC(C)(C)CC1. The summed E-state index contributed by atoms with van der Waals surface area (Å²) < 4.78 is 0. The molecule has 2 N–H and O–H groups in total. The zero-order chi connectivity index (χ0) is 15.5. The first-order valence-corrected chi connectivity index (χ1v) is 7.97. The van der Waals surface area contributed by atoms with E-state index in [4.69, 9.17) is 5.73 Å². The third kappa shape index (κ3) is 4.48. The van der Waals surface area contributed by atoms with Crippen molar-refractivity contribution in [1.82, 2.24) is 4.90 Å². The number of carbonyl (C=O) groups is 1. The summed E-state index contributed by atoms with van der Waals surface area (Å²) >= 11 is 0. The van der Waals surface area contributed by atoms with E-state index in [2.05, 4.69) is 13.8 Å². The minimum absolute atomic E-state index is 0.252. The first kappa shape index (κ1) is 15.9. The molecule has 1 saturated carbocycles. The Morgan fingerprint density at radius 2 is 2.00 bits per heavy atom. The topological polar surface area (TPSA) is 46.3 Å². The summed E-state index contributed by atoms with van der Waals surface area (Å²) in [6, 6.07) is 8.23. The van der Waals surface area contributed by atoms with Crippen LogP contribution in [0.5, 0.6) is 0 Å². The zero-order valence-corrected chi connectivity index (χ0v) is 13.6. The van der Waals surface area contributed by atoms with E-state index < -0.39 is 0 Å². The number of aryl methyl sites for hydroxylation is 1. The Morgan fingerprint density at radius 1 is 1.33 bits per heavy atom. The number of anilines is 1. The average Bonchev–Trinajstić information content (AvgIpc) is 2.44. The number of nitrogens with two attached hydrogens (primary N) is 1. The molecule has 21 heavy (non-hydrogen) atoms. The summed E-state index contributed by atoms with van der Waals surface area (Å²) in [6.07, 6.45) is 6.03. The number of hydrogen-bond donors (Lipinski definition) is 1. The van der Waals surface area contributed by atoms with Crippen LogP contribution in [0.1, 0.15) is 51.5 Å². The van der Waals surface area contributed by atoms with Crippen LogP contribution >= 0.6 is 0 Å². The second-order valence-corrected chi connectivity index (χ2v) is 7.15. The normalized spacial score (nSPS) is 18.4. The van der Waals surface area contributed by atoms with Crippen molar-refractivity contribution in [1.29, 1.82) is 0 Å². The van der Waals surface area contributed by atoms with E-state index in [1.165, 1.54) is 12.8 Å². The lowest BCUT2D eigenvalue weighted by molar-refractivity contribution is -0.132. The van der Waals surface area contributed by atoms with Gasteiger partial charge in [-0.2, -0.15) is 0 Å². The van der Waals surface area contributed by atoms with Gasteiger partial charge in [-0.1, -0.05) is 26.0 Å². The lowest BCUT2D eigenvalue weighted by atomic mass is 9.75. The molecule has 0 aliphatic heterocycles. The lowest BCUT2D eigenvalue weighted by Gasteiger charge is -2.38. The number of carbonyl (C=O) groups excluding carboxylic acids is 1. The van der Waals surface area contributed by atoms with Gasteiger partial charge in [-0.05, 0) is 55.2 Å². The van der Waals surface area contributed by atoms with Crippen LogP contribution in [0.4, 0.5) is 5.69 Å². The molecule has 1 fully saturated rings. The number of nitrogen functional groups attached to an aromatic ring is 1. The van der Waals surface area contributed by atoms with E-state index >= 15 is 0 Å². The highest BCUT2D eigenvalue weighted by Gasteiger charge is 2.30. The summed E-state index contributed by atoms with van der Waals surface area (Å²) in [5.41, 5.74) is 8.12. The van der Waals surface area contributed by atoms with Gasteiger partial charge in [0.2, 0.25) is 5.91 Å². The second-order valence-electron chi connectivity index (χ2n) is 7.15. The first-order valence-electron chi connectivity index (χ1n) is 7.97. The van der Waals surface area contributed by atoms with Crippen molar-refractivity contribution in [3.05, 3.63) is 29.8 Å². The van der Waals surface area contributed by atoms with Crippen molar-refractivity contribution in [2.24, 2.45) is 5.41 Å². The Labute approximate surface area is 128 Å². The number of rotatable bonds is 4. The molecule has 1 aliphatic carbocycles. The minimum atomic E-state index is 0.252. The molecule has 0 spiro atoms. The molecule has 0 heterocycles. The van der Waals surface area contributed by atoms with Gasteiger partial charge >= 0.3 is 0 Å². The first-order chi connectivity index (χ1) is 9.87. The van der Waals surface area contributed by atoms with E-state index in [0.29, 0.717) is 17.9 Å². The summed E-state index contributed by atoms with van der Waals surface area (Å²) in [7, 11) is 1.96. The van der Waals surface area contributed by atoms with Gasteiger partial charge in [-0.25, -0.2) is 0 Å². The molecular formula is C18H28N2O. The molecule has 0 atom stereocenters. The highest BCUT2D eigenvalue weighted by Crippen LogP contribution is 2.36. The van der Waals surface area contributed by atoms with Crippen LogP contribution in [0.25, 0.3) is 0 Å². The minimum Gasteiger partial charge on any atom is -0.399 e. The molecule has 1 aromatic rings. The van der Waals surface area contributed by atoms with Crippen molar-refractivity contribution in [2.75, 3.05) is 12.8 Å². The van der Waals surface area contributed by atoms with E-state index in [1.54, 1.807) is 0 Å². The largest absolute Gasteiger partial charge is 0.399 e. The Bertz CT molecular complexity index is 486. The van der Waals surface area contributed by atoms with E-state index in [1.807, 2.05) is 36.2 Å². The van der Waals surface area contributed by atoms with Crippen LogP contribution in [-0.4, -0.2) is 23.9 Å². The molecule has 1 amide bonds. The Balaban J connectivity index is 1.83. The Kier molecular flexibility index (Phi) is 4.92. The maximum Gasteiger partial charge on any atom is 0.222 e. The maximum absolute atomic E-state index is 12.4. The zero-order valence-electron chi connectivity index (χ0n) is 13.6. The van der Waals surface area contributed by atoms with Crippen molar-refractivity contribution in [2.45, 2.75) is 58.4 Å². The molecule has 0 unspecified atom stereocenters. The molecule has 3 heteroatoms. The van der Waals surface area contributed by atoms with Gasteiger partial charge in [0.1, 0.15) is 0 Å². The van der Waals surface area contributed by atoms with E-state index in [9.17, 15) is 4.79 Å². The summed E-state index contributed by atoms with van der Waals surface area (Å²) in [5, 5.41) is 0. The van der Waals surface area contributed by atoms with E-state index in [-0.39, 0.29) is 5.91 Å². The monoisotopic (exact) mass is 288 g/mol. The maximum atomic E-state index is 12.4. The fraction of sp³-hybridized carbons (Fsp3) is 0.611. The van der Waals surface area contributed by atoms with Crippen LogP contribution in [-0.2, 0) is 11.2 Å². The lowest BCUT2D eigenvalue weighted by Crippen LogP contribution is -2.40. The third-order valence-corrected chi connectivity index (χ3v) is 4.83. The predicted octanol–water partition coefficient (Wildman–Crippen LogP) is 3.63. The fourth-order valence-electron chi connectivity index (χ4n) is 3.15. The number of hydrogen-bond acceptors (Lipinski definition) is 2. The van der Waals surface area contributed by atoms with Crippen LogP contribution < -0.4 is 5.73 Å². The van der Waals surface area contributed by atoms with Crippen molar-refractivity contribution >= 4 is 11.6 Å². The molecule has 1 aliphatic rings. The van der Waals surface area contributed by atoms with Gasteiger partial charge in [-0.3, -0.25) is 4.79 Å². The number of nitrogens with zero attached hydrogens (tertiary/aromatic N) is 1. The molecule has 0 radical (unpaired) electrons. The van der Waals surface area contributed by atoms with Crippen molar-refractivity contribution in [3.8, 4) is 0 Å². The highest BCUT2D eigenvalue weighted by atomic mass is 16.2. The van der Waals surface area contributed by atoms with Gasteiger partial charge in [-0.15, -0.1) is 0 Å². The Hall–Kier alpha value is -1.51. The Morgan fingerprint density at radius 3 is 2.62 bits per heavy atom. The van der Waals surface area contributed by atoms with Crippen LogP contribution in [0.15, 0.2) is 24.3 Å².